The molecule has 1 aromatic rings. The molecule has 1 atom stereocenters. The first-order valence-corrected chi connectivity index (χ1v) is 7.79. The molecule has 1 fully saturated rings. The first-order valence-electron chi connectivity index (χ1n) is 7.79. The van der Waals surface area contributed by atoms with Crippen LogP contribution in [0.3, 0.4) is 0 Å². The van der Waals surface area contributed by atoms with Crippen LogP contribution in [0.2, 0.25) is 0 Å². The summed E-state index contributed by atoms with van der Waals surface area (Å²) >= 11 is 0. The molecule has 1 aliphatic rings. The highest BCUT2D eigenvalue weighted by molar-refractivity contribution is 5.86. The van der Waals surface area contributed by atoms with E-state index in [1.165, 1.54) is 6.42 Å². The molecule has 1 saturated carbocycles. The summed E-state index contributed by atoms with van der Waals surface area (Å²) in [7, 11) is 0. The average Bonchev–Trinajstić information content (AvgIpc) is 2.54. The summed E-state index contributed by atoms with van der Waals surface area (Å²) in [6.07, 6.45) is 5.37. The van der Waals surface area contributed by atoms with E-state index in [9.17, 15) is 9.59 Å². The first kappa shape index (κ1) is 15.5. The molecule has 0 aromatic heterocycles. The fourth-order valence-electron chi connectivity index (χ4n) is 2.79. The van der Waals surface area contributed by atoms with Gasteiger partial charge in [0.05, 0.1) is 12.6 Å². The second kappa shape index (κ2) is 7.81. The van der Waals surface area contributed by atoms with Gasteiger partial charge in [0.25, 0.3) is 0 Å². The molecule has 21 heavy (non-hydrogen) atoms. The van der Waals surface area contributed by atoms with Gasteiger partial charge in [0.1, 0.15) is 0 Å². The summed E-state index contributed by atoms with van der Waals surface area (Å²) < 4.78 is 0. The monoisotopic (exact) mass is 288 g/mol. The molecule has 0 radical (unpaired) electrons. The maximum Gasteiger partial charge on any atom is 0.239 e. The standard InChI is InChI=1S/C17H24N2O2/c1-13(14-8-4-2-5-9-14)19-16(20)12-18-17(21)15-10-6-3-7-11-15/h2,4-5,8-9,13,15H,3,6-7,10-12H2,1H3,(H,18,21)(H,19,20)/t13-/m1/s1. The van der Waals surface area contributed by atoms with Gasteiger partial charge >= 0.3 is 0 Å². The molecule has 0 bridgehead atoms. The lowest BCUT2D eigenvalue weighted by Gasteiger charge is -2.21. The van der Waals surface area contributed by atoms with Gasteiger partial charge in [-0.3, -0.25) is 9.59 Å². The predicted octanol–water partition coefficient (Wildman–Crippen LogP) is 2.56. The van der Waals surface area contributed by atoms with Crippen molar-refractivity contribution in [3.63, 3.8) is 0 Å². The van der Waals surface area contributed by atoms with Crippen LogP contribution >= 0.6 is 0 Å². The molecule has 1 aromatic carbocycles. The molecule has 4 nitrogen and oxygen atoms in total. The van der Waals surface area contributed by atoms with Gasteiger partial charge in [-0.25, -0.2) is 0 Å². The average molecular weight is 288 g/mol. The van der Waals surface area contributed by atoms with Crippen LogP contribution in [0.1, 0.15) is 50.6 Å². The Morgan fingerprint density at radius 2 is 1.81 bits per heavy atom. The van der Waals surface area contributed by atoms with Crippen molar-refractivity contribution in [2.24, 2.45) is 5.92 Å². The zero-order chi connectivity index (χ0) is 15.1. The second-order valence-electron chi connectivity index (χ2n) is 5.75. The van der Waals surface area contributed by atoms with Crippen LogP contribution in [0.15, 0.2) is 30.3 Å². The molecular weight excluding hydrogens is 264 g/mol. The molecule has 0 aliphatic heterocycles. The van der Waals surface area contributed by atoms with E-state index in [1.807, 2.05) is 37.3 Å². The molecule has 0 spiro atoms. The first-order chi connectivity index (χ1) is 10.2. The molecule has 0 saturated heterocycles. The third kappa shape index (κ3) is 4.88. The Balaban J connectivity index is 1.73. The number of amides is 2. The molecular formula is C17H24N2O2. The van der Waals surface area contributed by atoms with E-state index in [2.05, 4.69) is 10.6 Å². The van der Waals surface area contributed by atoms with E-state index in [1.54, 1.807) is 0 Å². The number of hydrogen-bond donors (Lipinski definition) is 2. The Morgan fingerprint density at radius 1 is 1.14 bits per heavy atom. The van der Waals surface area contributed by atoms with Crippen LogP contribution < -0.4 is 10.6 Å². The third-order valence-corrected chi connectivity index (χ3v) is 4.08. The minimum absolute atomic E-state index is 0.0252. The Morgan fingerprint density at radius 3 is 2.48 bits per heavy atom. The van der Waals surface area contributed by atoms with E-state index in [0.717, 1.165) is 31.2 Å². The number of carbonyl (C=O) groups is 2. The minimum atomic E-state index is -0.143. The molecule has 114 valence electrons. The highest BCUT2D eigenvalue weighted by atomic mass is 16.2. The SMILES string of the molecule is C[C@@H](NC(=O)CNC(=O)C1CCCCC1)c1ccccc1. The van der Waals surface area contributed by atoms with Crippen LogP contribution in [-0.4, -0.2) is 18.4 Å². The third-order valence-electron chi connectivity index (χ3n) is 4.08. The van der Waals surface area contributed by atoms with E-state index in [-0.39, 0.29) is 30.3 Å². The normalized spacial score (nSPS) is 17.0. The summed E-state index contributed by atoms with van der Waals surface area (Å²) in [5.41, 5.74) is 1.06. The molecule has 0 unspecified atom stereocenters. The number of rotatable bonds is 5. The Labute approximate surface area is 126 Å². The number of carbonyl (C=O) groups excluding carboxylic acids is 2. The number of benzene rings is 1. The van der Waals surface area contributed by atoms with Crippen molar-refractivity contribution in [3.05, 3.63) is 35.9 Å². The van der Waals surface area contributed by atoms with Gasteiger partial charge in [0.2, 0.25) is 11.8 Å². The van der Waals surface area contributed by atoms with Gasteiger partial charge in [-0.15, -0.1) is 0 Å². The topological polar surface area (TPSA) is 58.2 Å². The number of hydrogen-bond acceptors (Lipinski definition) is 2. The van der Waals surface area contributed by atoms with Crippen LogP contribution in [0.5, 0.6) is 0 Å². The highest BCUT2D eigenvalue weighted by Gasteiger charge is 2.21. The fraction of sp³-hybridized carbons (Fsp3) is 0.529. The smallest absolute Gasteiger partial charge is 0.239 e. The minimum Gasteiger partial charge on any atom is -0.348 e. The van der Waals surface area contributed by atoms with Gasteiger partial charge in [0.15, 0.2) is 0 Å². The lowest BCUT2D eigenvalue weighted by molar-refractivity contribution is -0.129. The van der Waals surface area contributed by atoms with Gasteiger partial charge in [-0.1, -0.05) is 49.6 Å². The van der Waals surface area contributed by atoms with Crippen molar-refractivity contribution in [3.8, 4) is 0 Å². The van der Waals surface area contributed by atoms with Crippen molar-refractivity contribution in [2.75, 3.05) is 6.54 Å². The summed E-state index contributed by atoms with van der Waals surface area (Å²) in [6.45, 7) is 2.00. The molecule has 2 N–H and O–H groups in total. The number of nitrogens with one attached hydrogen (secondary N) is 2. The van der Waals surface area contributed by atoms with Crippen molar-refractivity contribution >= 4 is 11.8 Å². The maximum atomic E-state index is 12.0. The van der Waals surface area contributed by atoms with Crippen LogP contribution in [-0.2, 0) is 9.59 Å². The van der Waals surface area contributed by atoms with Crippen molar-refractivity contribution in [1.29, 1.82) is 0 Å². The highest BCUT2D eigenvalue weighted by Crippen LogP contribution is 2.23. The van der Waals surface area contributed by atoms with Crippen LogP contribution in [0.4, 0.5) is 0 Å². The zero-order valence-electron chi connectivity index (χ0n) is 12.6. The Hall–Kier alpha value is -1.84. The molecule has 2 amide bonds. The lowest BCUT2D eigenvalue weighted by Crippen LogP contribution is -2.40. The molecule has 0 heterocycles. The van der Waals surface area contributed by atoms with Crippen LogP contribution in [0, 0.1) is 5.92 Å². The van der Waals surface area contributed by atoms with E-state index >= 15 is 0 Å². The van der Waals surface area contributed by atoms with Gasteiger partial charge in [0, 0.05) is 5.92 Å². The molecule has 1 aliphatic carbocycles. The summed E-state index contributed by atoms with van der Waals surface area (Å²) in [6, 6.07) is 9.75. The van der Waals surface area contributed by atoms with E-state index < -0.39 is 0 Å². The van der Waals surface area contributed by atoms with E-state index in [4.69, 9.17) is 0 Å². The van der Waals surface area contributed by atoms with Gasteiger partial charge < -0.3 is 10.6 Å². The summed E-state index contributed by atoms with van der Waals surface area (Å²) in [5, 5.41) is 5.66. The van der Waals surface area contributed by atoms with Gasteiger partial charge in [-0.2, -0.15) is 0 Å². The van der Waals surface area contributed by atoms with Crippen LogP contribution in [0.25, 0.3) is 0 Å². The fourth-order valence-corrected chi connectivity index (χ4v) is 2.79. The predicted molar refractivity (Wildman–Crippen MR) is 82.6 cm³/mol. The second-order valence-corrected chi connectivity index (χ2v) is 5.75. The Kier molecular flexibility index (Phi) is 5.78. The summed E-state index contributed by atoms with van der Waals surface area (Å²) in [4.78, 5) is 23.9. The van der Waals surface area contributed by atoms with Crippen molar-refractivity contribution < 1.29 is 9.59 Å². The Bertz CT molecular complexity index is 467. The lowest BCUT2D eigenvalue weighted by atomic mass is 9.89. The zero-order valence-corrected chi connectivity index (χ0v) is 12.6. The van der Waals surface area contributed by atoms with E-state index in [0.29, 0.717) is 0 Å². The largest absolute Gasteiger partial charge is 0.348 e. The maximum absolute atomic E-state index is 12.0. The molecule has 4 heteroatoms. The van der Waals surface area contributed by atoms with Crippen molar-refractivity contribution in [1.82, 2.24) is 10.6 Å². The molecule has 2 rings (SSSR count). The van der Waals surface area contributed by atoms with Gasteiger partial charge in [-0.05, 0) is 25.3 Å². The van der Waals surface area contributed by atoms with Crippen molar-refractivity contribution in [2.45, 2.75) is 45.1 Å². The quantitative estimate of drug-likeness (QED) is 0.875. The summed E-state index contributed by atoms with van der Waals surface area (Å²) in [5.74, 6) is -0.0224.